The van der Waals surface area contributed by atoms with Gasteiger partial charge >= 0.3 is 0 Å². The van der Waals surface area contributed by atoms with Crippen LogP contribution in [0.15, 0.2) is 79.6 Å². The third-order valence-corrected chi connectivity index (χ3v) is 4.11. The number of hydrogen-bond acceptors (Lipinski definition) is 4. The van der Waals surface area contributed by atoms with Crippen molar-refractivity contribution >= 4 is 0 Å². The zero-order valence-corrected chi connectivity index (χ0v) is 13.8. The van der Waals surface area contributed by atoms with Crippen molar-refractivity contribution < 1.29 is 0 Å². The molecular weight excluding hydrogens is 308 g/mol. The van der Waals surface area contributed by atoms with Gasteiger partial charge in [-0.15, -0.1) is 0 Å². The Morgan fingerprint density at radius 3 is 1.52 bits per heavy atom. The van der Waals surface area contributed by atoms with E-state index in [1.807, 2.05) is 36.4 Å². The van der Waals surface area contributed by atoms with Crippen LogP contribution in [0.1, 0.15) is 5.56 Å². The van der Waals surface area contributed by atoms with Gasteiger partial charge in [0.05, 0.1) is 11.4 Å². The highest BCUT2D eigenvalue weighted by Crippen LogP contribution is 2.34. The number of rotatable bonds is 3. The van der Waals surface area contributed by atoms with Gasteiger partial charge in [-0.05, 0) is 60.5 Å². The standard InChI is InChI=1S/C21H16N4/c1-15-14-19(16-2-8-22-9-3-16)21(18-6-12-24-13-7-18)25-20(15)17-4-10-23-11-5-17/h2-14H,1H3. The molecule has 4 rings (SSSR count). The minimum Gasteiger partial charge on any atom is -0.265 e. The van der Waals surface area contributed by atoms with Gasteiger partial charge in [-0.2, -0.15) is 0 Å². The van der Waals surface area contributed by atoms with Crippen LogP contribution < -0.4 is 0 Å². The fourth-order valence-electron chi connectivity index (χ4n) is 2.90. The Labute approximate surface area is 146 Å². The topological polar surface area (TPSA) is 51.6 Å². The van der Waals surface area contributed by atoms with Crippen LogP contribution in [0.4, 0.5) is 0 Å². The Morgan fingerprint density at radius 1 is 0.560 bits per heavy atom. The van der Waals surface area contributed by atoms with Gasteiger partial charge in [0, 0.05) is 53.9 Å². The normalized spacial score (nSPS) is 10.6. The third kappa shape index (κ3) is 3.02. The first-order valence-corrected chi connectivity index (χ1v) is 8.06. The second-order valence-corrected chi connectivity index (χ2v) is 5.76. The molecule has 4 heteroatoms. The molecule has 0 atom stereocenters. The molecule has 0 aliphatic rings. The molecule has 0 amide bonds. The summed E-state index contributed by atoms with van der Waals surface area (Å²) in [5, 5.41) is 0. The van der Waals surface area contributed by atoms with E-state index in [1.54, 1.807) is 37.2 Å². The van der Waals surface area contributed by atoms with E-state index in [-0.39, 0.29) is 0 Å². The van der Waals surface area contributed by atoms with Crippen molar-refractivity contribution in [3.63, 3.8) is 0 Å². The lowest BCUT2D eigenvalue weighted by molar-refractivity contribution is 1.24. The Bertz CT molecular complexity index is 984. The van der Waals surface area contributed by atoms with Crippen LogP contribution in [0.25, 0.3) is 33.6 Å². The highest BCUT2D eigenvalue weighted by Gasteiger charge is 2.14. The zero-order valence-electron chi connectivity index (χ0n) is 13.8. The van der Waals surface area contributed by atoms with Crippen LogP contribution in [0.2, 0.25) is 0 Å². The quantitative estimate of drug-likeness (QED) is 0.553. The summed E-state index contributed by atoms with van der Waals surface area (Å²) in [6.45, 7) is 2.09. The number of aromatic nitrogens is 4. The molecule has 120 valence electrons. The molecule has 0 aromatic carbocycles. The minimum atomic E-state index is 0.936. The lowest BCUT2D eigenvalue weighted by Crippen LogP contribution is -1.96. The number of nitrogens with zero attached hydrogens (tertiary/aromatic N) is 4. The maximum absolute atomic E-state index is 5.01. The average molecular weight is 324 g/mol. The zero-order chi connectivity index (χ0) is 17.1. The van der Waals surface area contributed by atoms with Gasteiger partial charge in [0.25, 0.3) is 0 Å². The summed E-state index contributed by atoms with van der Waals surface area (Å²) in [5.74, 6) is 0. The van der Waals surface area contributed by atoms with Crippen LogP contribution in [0.5, 0.6) is 0 Å². The minimum absolute atomic E-state index is 0.936. The predicted octanol–water partition coefficient (Wildman–Crippen LogP) is 4.58. The first-order chi connectivity index (χ1) is 12.3. The summed E-state index contributed by atoms with van der Waals surface area (Å²) in [7, 11) is 0. The maximum Gasteiger partial charge on any atom is 0.0789 e. The number of pyridine rings is 4. The van der Waals surface area contributed by atoms with Crippen molar-refractivity contribution in [1.82, 2.24) is 19.9 Å². The van der Waals surface area contributed by atoms with Gasteiger partial charge in [-0.1, -0.05) is 0 Å². The predicted molar refractivity (Wildman–Crippen MR) is 98.7 cm³/mol. The molecule has 4 aromatic rings. The van der Waals surface area contributed by atoms with Crippen molar-refractivity contribution in [3.8, 4) is 33.6 Å². The smallest absolute Gasteiger partial charge is 0.0789 e. The monoisotopic (exact) mass is 324 g/mol. The first-order valence-electron chi connectivity index (χ1n) is 8.06. The highest BCUT2D eigenvalue weighted by atomic mass is 14.7. The Morgan fingerprint density at radius 2 is 1.00 bits per heavy atom. The lowest BCUT2D eigenvalue weighted by atomic mass is 9.96. The summed E-state index contributed by atoms with van der Waals surface area (Å²) >= 11 is 0. The van der Waals surface area contributed by atoms with E-state index in [0.717, 1.165) is 39.2 Å². The van der Waals surface area contributed by atoms with Crippen molar-refractivity contribution in [2.45, 2.75) is 6.92 Å². The summed E-state index contributed by atoms with van der Waals surface area (Å²) < 4.78 is 0. The van der Waals surface area contributed by atoms with Gasteiger partial charge in [0.2, 0.25) is 0 Å². The molecule has 4 heterocycles. The van der Waals surface area contributed by atoms with E-state index in [9.17, 15) is 0 Å². The second-order valence-electron chi connectivity index (χ2n) is 5.76. The summed E-state index contributed by atoms with van der Waals surface area (Å²) in [4.78, 5) is 17.4. The van der Waals surface area contributed by atoms with Crippen LogP contribution in [-0.4, -0.2) is 19.9 Å². The summed E-state index contributed by atoms with van der Waals surface area (Å²) in [5.41, 5.74) is 7.30. The molecule has 4 aromatic heterocycles. The van der Waals surface area contributed by atoms with Crippen LogP contribution in [0.3, 0.4) is 0 Å². The van der Waals surface area contributed by atoms with Crippen molar-refractivity contribution in [3.05, 3.63) is 85.2 Å². The molecule has 0 saturated heterocycles. The Balaban J connectivity index is 1.98. The molecule has 4 nitrogen and oxygen atoms in total. The van der Waals surface area contributed by atoms with E-state index in [2.05, 4.69) is 27.9 Å². The molecule has 0 N–H and O–H groups in total. The largest absolute Gasteiger partial charge is 0.265 e. The van der Waals surface area contributed by atoms with E-state index in [0.29, 0.717) is 0 Å². The lowest BCUT2D eigenvalue weighted by Gasteiger charge is -2.14. The molecule has 0 saturated carbocycles. The molecule has 0 spiro atoms. The molecule has 0 bridgehead atoms. The fraction of sp³-hybridized carbons (Fsp3) is 0.0476. The van der Waals surface area contributed by atoms with E-state index >= 15 is 0 Å². The molecule has 0 fully saturated rings. The highest BCUT2D eigenvalue weighted by molar-refractivity contribution is 5.83. The van der Waals surface area contributed by atoms with E-state index in [1.165, 1.54) is 0 Å². The van der Waals surface area contributed by atoms with Gasteiger partial charge < -0.3 is 0 Å². The molecule has 25 heavy (non-hydrogen) atoms. The second kappa shape index (κ2) is 6.61. The maximum atomic E-state index is 5.01. The van der Waals surface area contributed by atoms with Crippen LogP contribution in [-0.2, 0) is 0 Å². The van der Waals surface area contributed by atoms with Gasteiger partial charge in [0.15, 0.2) is 0 Å². The summed E-state index contributed by atoms with van der Waals surface area (Å²) in [6, 6.07) is 14.1. The molecular formula is C21H16N4. The number of aryl methyl sites for hydroxylation is 1. The number of hydrogen-bond donors (Lipinski definition) is 0. The van der Waals surface area contributed by atoms with Crippen molar-refractivity contribution in [1.29, 1.82) is 0 Å². The van der Waals surface area contributed by atoms with Gasteiger partial charge in [-0.25, -0.2) is 4.98 Å². The van der Waals surface area contributed by atoms with Gasteiger partial charge in [0.1, 0.15) is 0 Å². The third-order valence-electron chi connectivity index (χ3n) is 4.11. The average Bonchev–Trinajstić information content (AvgIpc) is 2.70. The molecule has 0 unspecified atom stereocenters. The summed E-state index contributed by atoms with van der Waals surface area (Å²) in [6.07, 6.45) is 10.8. The Kier molecular flexibility index (Phi) is 4.01. The van der Waals surface area contributed by atoms with Crippen LogP contribution in [0, 0.1) is 6.92 Å². The molecule has 0 aliphatic heterocycles. The SMILES string of the molecule is Cc1cc(-c2ccncc2)c(-c2ccncc2)nc1-c1ccncc1. The van der Waals surface area contributed by atoms with Crippen LogP contribution >= 0.6 is 0 Å². The first kappa shape index (κ1) is 15.1. The molecule has 0 radical (unpaired) electrons. The fourth-order valence-corrected chi connectivity index (χ4v) is 2.90. The van der Waals surface area contributed by atoms with Gasteiger partial charge in [-0.3, -0.25) is 15.0 Å². The Hall–Kier alpha value is -3.40. The van der Waals surface area contributed by atoms with Crippen molar-refractivity contribution in [2.75, 3.05) is 0 Å². The molecule has 0 aliphatic carbocycles. The van der Waals surface area contributed by atoms with E-state index in [4.69, 9.17) is 4.98 Å². The van der Waals surface area contributed by atoms with E-state index < -0.39 is 0 Å². The van der Waals surface area contributed by atoms with Crippen molar-refractivity contribution in [2.24, 2.45) is 0 Å².